The van der Waals surface area contributed by atoms with Crippen molar-refractivity contribution in [2.45, 2.75) is 32.8 Å². The molecule has 0 fully saturated rings. The van der Waals surface area contributed by atoms with Crippen LogP contribution in [0.5, 0.6) is 5.75 Å². The molecule has 30 heavy (non-hydrogen) atoms. The summed E-state index contributed by atoms with van der Waals surface area (Å²) < 4.78 is 5.15. The zero-order chi connectivity index (χ0) is 22.5. The zero-order valence-corrected chi connectivity index (χ0v) is 17.4. The number of nitrogens with one attached hydrogen (secondary N) is 2. The zero-order valence-electron chi connectivity index (χ0n) is 16.7. The molecule has 2 amide bonds. The number of aromatic hydroxyl groups is 1. The standard InChI is InChI=1S/C20H22ClN3O6/c1-20(2,3)30-19(27)22-11-10-12-4-6-13(7-5-12)23-18(26)16-14(21)8-9-15(17(16)25)24(28)29/h4-9,25H,10-11H2,1-3H3,(H,22,27)(H,23,26). The van der Waals surface area contributed by atoms with Crippen LogP contribution < -0.4 is 10.6 Å². The third kappa shape index (κ3) is 6.35. The van der Waals surface area contributed by atoms with Gasteiger partial charge in [0.15, 0.2) is 0 Å². The van der Waals surface area contributed by atoms with Crippen molar-refractivity contribution in [3.63, 3.8) is 0 Å². The summed E-state index contributed by atoms with van der Waals surface area (Å²) in [6.45, 7) is 5.71. The predicted octanol–water partition coefficient (Wildman–Crippen LogP) is 4.27. The second-order valence-electron chi connectivity index (χ2n) is 7.38. The third-order valence-electron chi connectivity index (χ3n) is 3.82. The Morgan fingerprint density at radius 3 is 2.37 bits per heavy atom. The van der Waals surface area contributed by atoms with Crippen molar-refractivity contribution in [2.75, 3.05) is 11.9 Å². The first-order valence-electron chi connectivity index (χ1n) is 9.01. The summed E-state index contributed by atoms with van der Waals surface area (Å²) in [4.78, 5) is 34.2. The maximum atomic E-state index is 12.4. The van der Waals surface area contributed by atoms with Crippen LogP contribution in [0.3, 0.4) is 0 Å². The molecular formula is C20H22ClN3O6. The number of anilines is 1. The van der Waals surface area contributed by atoms with Crippen LogP contribution in [0.4, 0.5) is 16.2 Å². The Morgan fingerprint density at radius 2 is 1.80 bits per heavy atom. The van der Waals surface area contributed by atoms with Gasteiger partial charge in [-0.1, -0.05) is 23.7 Å². The van der Waals surface area contributed by atoms with Crippen LogP contribution in [0, 0.1) is 10.1 Å². The molecule has 10 heteroatoms. The molecule has 0 aliphatic carbocycles. The number of hydrogen-bond donors (Lipinski definition) is 3. The Bertz CT molecular complexity index is 954. The first-order valence-corrected chi connectivity index (χ1v) is 9.38. The summed E-state index contributed by atoms with van der Waals surface area (Å²) in [6, 6.07) is 8.96. The minimum absolute atomic E-state index is 0.111. The van der Waals surface area contributed by atoms with E-state index >= 15 is 0 Å². The lowest BCUT2D eigenvalue weighted by atomic mass is 10.1. The highest BCUT2D eigenvalue weighted by Crippen LogP contribution is 2.35. The second kappa shape index (κ2) is 9.45. The summed E-state index contributed by atoms with van der Waals surface area (Å²) in [7, 11) is 0. The van der Waals surface area contributed by atoms with Crippen LogP contribution >= 0.6 is 11.6 Å². The van der Waals surface area contributed by atoms with Gasteiger partial charge in [-0.05, 0) is 51.0 Å². The lowest BCUT2D eigenvalue weighted by Crippen LogP contribution is -2.33. The van der Waals surface area contributed by atoms with Gasteiger partial charge < -0.3 is 20.5 Å². The molecule has 9 nitrogen and oxygen atoms in total. The molecule has 2 aromatic rings. The maximum absolute atomic E-state index is 12.4. The van der Waals surface area contributed by atoms with Crippen LogP contribution in [0.15, 0.2) is 36.4 Å². The number of alkyl carbamates (subject to hydrolysis) is 1. The quantitative estimate of drug-likeness (QED) is 0.458. The molecule has 0 aliphatic heterocycles. The normalized spacial score (nSPS) is 10.9. The minimum Gasteiger partial charge on any atom is -0.501 e. The number of rotatable bonds is 6. The summed E-state index contributed by atoms with van der Waals surface area (Å²) in [6.07, 6.45) is 0.0466. The van der Waals surface area contributed by atoms with Gasteiger partial charge in [0.25, 0.3) is 5.91 Å². The predicted molar refractivity (Wildman–Crippen MR) is 112 cm³/mol. The van der Waals surface area contributed by atoms with Gasteiger partial charge in [-0.15, -0.1) is 0 Å². The van der Waals surface area contributed by atoms with Gasteiger partial charge in [0.2, 0.25) is 5.75 Å². The van der Waals surface area contributed by atoms with E-state index in [0.717, 1.165) is 11.6 Å². The molecule has 0 atom stereocenters. The number of phenols is 1. The number of benzene rings is 2. The van der Waals surface area contributed by atoms with E-state index in [1.54, 1.807) is 45.0 Å². The van der Waals surface area contributed by atoms with E-state index in [0.29, 0.717) is 18.7 Å². The van der Waals surface area contributed by atoms with E-state index in [1.165, 1.54) is 6.07 Å². The highest BCUT2D eigenvalue weighted by Gasteiger charge is 2.24. The van der Waals surface area contributed by atoms with Gasteiger partial charge in [0, 0.05) is 18.3 Å². The number of halogens is 1. The van der Waals surface area contributed by atoms with Gasteiger partial charge in [-0.2, -0.15) is 0 Å². The first-order chi connectivity index (χ1) is 14.0. The first kappa shape index (κ1) is 23.0. The molecule has 160 valence electrons. The fourth-order valence-corrected chi connectivity index (χ4v) is 2.73. The van der Waals surface area contributed by atoms with Gasteiger partial charge >= 0.3 is 11.8 Å². The Balaban J connectivity index is 1.98. The van der Waals surface area contributed by atoms with E-state index in [9.17, 15) is 24.8 Å². The lowest BCUT2D eigenvalue weighted by molar-refractivity contribution is -0.385. The summed E-state index contributed by atoms with van der Waals surface area (Å²) in [5, 5.41) is 26.0. The maximum Gasteiger partial charge on any atom is 0.407 e. The number of hydrogen-bond acceptors (Lipinski definition) is 6. The number of nitrogens with zero attached hydrogens (tertiary/aromatic N) is 1. The fraction of sp³-hybridized carbons (Fsp3) is 0.300. The van der Waals surface area contributed by atoms with Crippen molar-refractivity contribution in [1.82, 2.24) is 5.32 Å². The monoisotopic (exact) mass is 435 g/mol. The highest BCUT2D eigenvalue weighted by atomic mass is 35.5. The van der Waals surface area contributed by atoms with Crippen LogP contribution in [0.2, 0.25) is 5.02 Å². The number of nitro benzene ring substituents is 1. The Kier molecular flexibility index (Phi) is 7.23. The summed E-state index contributed by atoms with van der Waals surface area (Å²) in [5.41, 5.74) is -0.250. The van der Waals surface area contributed by atoms with Crippen molar-refractivity contribution >= 4 is 35.0 Å². The molecular weight excluding hydrogens is 414 g/mol. The molecule has 3 N–H and O–H groups in total. The SMILES string of the molecule is CC(C)(C)OC(=O)NCCc1ccc(NC(=O)c2c(Cl)ccc([N+](=O)[O-])c2O)cc1. The van der Waals surface area contributed by atoms with Crippen LogP contribution in [0.1, 0.15) is 36.7 Å². The average Bonchev–Trinajstić information content (AvgIpc) is 2.61. The number of amides is 2. The topological polar surface area (TPSA) is 131 Å². The third-order valence-corrected chi connectivity index (χ3v) is 4.14. The molecule has 0 unspecified atom stereocenters. The Labute approximate surface area is 178 Å². The second-order valence-corrected chi connectivity index (χ2v) is 7.78. The largest absolute Gasteiger partial charge is 0.501 e. The molecule has 0 spiro atoms. The van der Waals surface area contributed by atoms with Gasteiger partial charge in [-0.25, -0.2) is 4.79 Å². The van der Waals surface area contributed by atoms with Crippen molar-refractivity contribution in [3.05, 3.63) is 62.7 Å². The number of carbonyl (C=O) groups is 2. The van der Waals surface area contributed by atoms with E-state index in [4.69, 9.17) is 16.3 Å². The lowest BCUT2D eigenvalue weighted by Gasteiger charge is -2.19. The Hall–Kier alpha value is -3.33. The smallest absolute Gasteiger partial charge is 0.407 e. The molecule has 2 rings (SSSR count). The molecule has 0 heterocycles. The number of carbonyl (C=O) groups excluding carboxylic acids is 2. The van der Waals surface area contributed by atoms with Crippen LogP contribution in [-0.2, 0) is 11.2 Å². The highest BCUT2D eigenvalue weighted by molar-refractivity contribution is 6.35. The number of ether oxygens (including phenoxy) is 1. The van der Waals surface area contributed by atoms with E-state index < -0.39 is 34.0 Å². The number of nitro groups is 1. The van der Waals surface area contributed by atoms with Gasteiger partial charge in [-0.3, -0.25) is 14.9 Å². The number of phenolic OH excluding ortho intramolecular Hbond substituents is 1. The molecule has 2 aromatic carbocycles. The van der Waals surface area contributed by atoms with E-state index in [2.05, 4.69) is 10.6 Å². The molecule has 0 bridgehead atoms. The fourth-order valence-electron chi connectivity index (χ4n) is 2.49. The minimum atomic E-state index is -0.803. The summed E-state index contributed by atoms with van der Waals surface area (Å²) >= 11 is 5.93. The molecule has 0 radical (unpaired) electrons. The molecule has 0 aliphatic rings. The van der Waals surface area contributed by atoms with E-state index in [-0.39, 0.29) is 10.6 Å². The van der Waals surface area contributed by atoms with Crippen molar-refractivity contribution in [2.24, 2.45) is 0 Å². The van der Waals surface area contributed by atoms with E-state index in [1.807, 2.05) is 0 Å². The van der Waals surface area contributed by atoms with Crippen molar-refractivity contribution < 1.29 is 24.4 Å². The molecule has 0 aromatic heterocycles. The van der Waals surface area contributed by atoms with Crippen molar-refractivity contribution in [1.29, 1.82) is 0 Å². The molecule has 0 saturated carbocycles. The summed E-state index contributed by atoms with van der Waals surface area (Å²) in [5.74, 6) is -1.57. The van der Waals surface area contributed by atoms with Crippen LogP contribution in [0.25, 0.3) is 0 Å². The van der Waals surface area contributed by atoms with Crippen LogP contribution in [-0.4, -0.2) is 34.2 Å². The van der Waals surface area contributed by atoms with Gasteiger partial charge in [0.1, 0.15) is 11.2 Å². The van der Waals surface area contributed by atoms with Gasteiger partial charge in [0.05, 0.1) is 9.95 Å². The molecule has 0 saturated heterocycles. The average molecular weight is 436 g/mol. The Morgan fingerprint density at radius 1 is 1.17 bits per heavy atom. The van der Waals surface area contributed by atoms with Crippen molar-refractivity contribution in [3.8, 4) is 5.75 Å².